The van der Waals surface area contributed by atoms with Crippen molar-refractivity contribution in [2.75, 3.05) is 11.9 Å². The van der Waals surface area contributed by atoms with E-state index in [-0.39, 0.29) is 18.6 Å². The van der Waals surface area contributed by atoms with Crippen LogP contribution in [0.15, 0.2) is 48.7 Å². The number of anilines is 1. The SMILES string of the molecule is CC1(CCCCCOc2ccc3c(c2)NC(=O)CC3)CCc2nn(-c3ccccc3F)cc2C1.[HH]. The molecule has 34 heavy (non-hydrogen) atoms. The van der Waals surface area contributed by atoms with E-state index in [9.17, 15) is 9.18 Å². The zero-order valence-electron chi connectivity index (χ0n) is 19.8. The highest BCUT2D eigenvalue weighted by Gasteiger charge is 2.31. The van der Waals surface area contributed by atoms with Gasteiger partial charge >= 0.3 is 0 Å². The molecule has 180 valence electrons. The van der Waals surface area contributed by atoms with Crippen LogP contribution in [0.25, 0.3) is 5.69 Å². The molecule has 6 heteroatoms. The number of rotatable bonds is 8. The number of nitrogens with zero attached hydrogens (tertiary/aromatic N) is 2. The Morgan fingerprint density at radius 2 is 2.00 bits per heavy atom. The molecule has 2 aliphatic rings. The number of halogens is 1. The second-order valence-electron chi connectivity index (χ2n) is 10.0. The van der Waals surface area contributed by atoms with Gasteiger partial charge in [-0.05, 0) is 73.3 Å². The highest BCUT2D eigenvalue weighted by Crippen LogP contribution is 2.39. The van der Waals surface area contributed by atoms with E-state index in [1.165, 1.54) is 23.6 Å². The molecule has 5 rings (SSSR count). The van der Waals surface area contributed by atoms with Crippen molar-refractivity contribution < 1.29 is 15.3 Å². The minimum absolute atomic E-state index is 0. The molecule has 0 fully saturated rings. The number of unbranched alkanes of at least 4 members (excludes halogenated alkanes) is 2. The van der Waals surface area contributed by atoms with Crippen molar-refractivity contribution in [1.82, 2.24) is 9.78 Å². The Morgan fingerprint density at radius 3 is 2.88 bits per heavy atom. The molecule has 2 heterocycles. The molecule has 1 amide bonds. The summed E-state index contributed by atoms with van der Waals surface area (Å²) in [5, 5.41) is 7.59. The molecular formula is C28H34FN3O2. The van der Waals surface area contributed by atoms with Gasteiger partial charge in [0.15, 0.2) is 0 Å². The predicted octanol–water partition coefficient (Wildman–Crippen LogP) is 6.28. The third-order valence-corrected chi connectivity index (χ3v) is 7.23. The number of carbonyl (C=O) groups excluding carboxylic acids is 1. The molecule has 1 aliphatic carbocycles. The van der Waals surface area contributed by atoms with Crippen molar-refractivity contribution in [3.05, 3.63) is 71.3 Å². The van der Waals surface area contributed by atoms with Crippen molar-refractivity contribution in [2.45, 2.75) is 64.7 Å². The molecular weight excluding hydrogens is 429 g/mol. The topological polar surface area (TPSA) is 56.1 Å². The number of carbonyl (C=O) groups is 1. The second kappa shape index (κ2) is 9.61. The molecule has 1 aliphatic heterocycles. The molecule has 0 spiro atoms. The van der Waals surface area contributed by atoms with E-state index in [0.717, 1.165) is 62.1 Å². The molecule has 2 aromatic carbocycles. The summed E-state index contributed by atoms with van der Waals surface area (Å²) in [6, 6.07) is 12.8. The molecule has 1 unspecified atom stereocenters. The zero-order valence-corrected chi connectivity index (χ0v) is 19.8. The standard InChI is InChI=1S/C28H32FN3O2.H2/c1-28(15-13-24-21(18-28)19-32(31-24)26-8-4-3-7-23(26)29)14-5-2-6-16-34-22-11-9-20-10-12-27(33)30-25(20)17-22;/h3-4,7-9,11,17,19H,2,5-6,10,12-16,18H2,1H3,(H,30,33);1H. The summed E-state index contributed by atoms with van der Waals surface area (Å²) in [7, 11) is 0. The fourth-order valence-electron chi connectivity index (χ4n) is 5.21. The van der Waals surface area contributed by atoms with E-state index in [1.807, 2.05) is 24.4 Å². The Labute approximate surface area is 201 Å². The highest BCUT2D eigenvalue weighted by atomic mass is 19.1. The quantitative estimate of drug-likeness (QED) is 0.400. The lowest BCUT2D eigenvalue weighted by atomic mass is 9.72. The van der Waals surface area contributed by atoms with Crippen molar-refractivity contribution in [2.24, 2.45) is 5.41 Å². The van der Waals surface area contributed by atoms with E-state index in [4.69, 9.17) is 4.74 Å². The van der Waals surface area contributed by atoms with Gasteiger partial charge < -0.3 is 10.1 Å². The van der Waals surface area contributed by atoms with Gasteiger partial charge in [0.25, 0.3) is 0 Å². The lowest BCUT2D eigenvalue weighted by Crippen LogP contribution is -2.25. The Morgan fingerprint density at radius 1 is 1.12 bits per heavy atom. The summed E-state index contributed by atoms with van der Waals surface area (Å²) >= 11 is 0. The van der Waals surface area contributed by atoms with E-state index in [0.29, 0.717) is 18.7 Å². The zero-order chi connectivity index (χ0) is 23.5. The molecule has 0 bridgehead atoms. The normalized spacial score (nSPS) is 19.3. The number of aryl methyl sites for hydroxylation is 2. The summed E-state index contributed by atoms with van der Waals surface area (Å²) in [6.45, 7) is 3.05. The van der Waals surface area contributed by atoms with Gasteiger partial charge in [0.05, 0.1) is 12.3 Å². The number of benzene rings is 2. The van der Waals surface area contributed by atoms with E-state index in [2.05, 4.69) is 23.4 Å². The molecule has 1 N–H and O–H groups in total. The maximum atomic E-state index is 14.2. The minimum atomic E-state index is -0.243. The van der Waals surface area contributed by atoms with Gasteiger partial charge in [-0.2, -0.15) is 5.10 Å². The van der Waals surface area contributed by atoms with Gasteiger partial charge in [0.2, 0.25) is 5.91 Å². The van der Waals surface area contributed by atoms with Crippen LogP contribution in [0, 0.1) is 11.2 Å². The van der Waals surface area contributed by atoms with Crippen LogP contribution < -0.4 is 10.1 Å². The largest absolute Gasteiger partial charge is 0.494 e. The van der Waals surface area contributed by atoms with Crippen molar-refractivity contribution in [1.29, 1.82) is 0 Å². The maximum absolute atomic E-state index is 14.2. The van der Waals surface area contributed by atoms with E-state index >= 15 is 0 Å². The predicted molar refractivity (Wildman–Crippen MR) is 133 cm³/mol. The molecule has 1 aromatic heterocycles. The van der Waals surface area contributed by atoms with Gasteiger partial charge in [-0.3, -0.25) is 4.79 Å². The highest BCUT2D eigenvalue weighted by molar-refractivity contribution is 5.94. The summed E-state index contributed by atoms with van der Waals surface area (Å²) in [6.07, 6.45) is 10.9. The summed E-state index contributed by atoms with van der Waals surface area (Å²) in [5.41, 5.74) is 5.19. The van der Waals surface area contributed by atoms with E-state index < -0.39 is 0 Å². The lowest BCUT2D eigenvalue weighted by Gasteiger charge is -2.33. The van der Waals surface area contributed by atoms with E-state index in [1.54, 1.807) is 16.8 Å². The Hall–Kier alpha value is -3.15. The van der Waals surface area contributed by atoms with Gasteiger partial charge in [-0.25, -0.2) is 9.07 Å². The van der Waals surface area contributed by atoms with Crippen LogP contribution in [0.1, 0.15) is 63.7 Å². The number of aromatic nitrogens is 2. The second-order valence-corrected chi connectivity index (χ2v) is 10.0. The fraction of sp³-hybridized carbons (Fsp3) is 0.429. The first-order chi connectivity index (χ1) is 16.5. The average Bonchev–Trinajstić information content (AvgIpc) is 3.24. The lowest BCUT2D eigenvalue weighted by molar-refractivity contribution is -0.116. The first kappa shape index (κ1) is 22.6. The molecule has 0 saturated carbocycles. The van der Waals surface area contributed by atoms with Crippen LogP contribution in [-0.2, 0) is 24.1 Å². The molecule has 1 atom stereocenters. The fourth-order valence-corrected chi connectivity index (χ4v) is 5.21. The smallest absolute Gasteiger partial charge is 0.224 e. The molecule has 5 nitrogen and oxygen atoms in total. The summed E-state index contributed by atoms with van der Waals surface area (Å²) in [4.78, 5) is 11.6. The van der Waals surface area contributed by atoms with Crippen LogP contribution in [0.2, 0.25) is 0 Å². The van der Waals surface area contributed by atoms with Crippen LogP contribution >= 0.6 is 0 Å². The van der Waals surface area contributed by atoms with Crippen molar-refractivity contribution in [3.8, 4) is 11.4 Å². The summed E-state index contributed by atoms with van der Waals surface area (Å²) in [5.74, 6) is 0.652. The van der Waals surface area contributed by atoms with Crippen molar-refractivity contribution >= 4 is 11.6 Å². The first-order valence-electron chi connectivity index (χ1n) is 12.4. The van der Waals surface area contributed by atoms with Gasteiger partial charge in [-0.15, -0.1) is 0 Å². The molecule has 0 saturated heterocycles. The maximum Gasteiger partial charge on any atom is 0.224 e. The number of hydrogen-bond donors (Lipinski definition) is 1. The third-order valence-electron chi connectivity index (χ3n) is 7.23. The Balaban J connectivity index is 0.00000289. The van der Waals surface area contributed by atoms with Crippen LogP contribution in [0.4, 0.5) is 10.1 Å². The monoisotopic (exact) mass is 463 g/mol. The Kier molecular flexibility index (Phi) is 6.40. The number of para-hydroxylation sites is 1. The first-order valence-corrected chi connectivity index (χ1v) is 12.4. The van der Waals surface area contributed by atoms with Crippen LogP contribution in [-0.4, -0.2) is 22.3 Å². The third kappa shape index (κ3) is 5.01. The van der Waals surface area contributed by atoms with Crippen molar-refractivity contribution in [3.63, 3.8) is 0 Å². The molecule has 3 aromatic rings. The van der Waals surface area contributed by atoms with Crippen LogP contribution in [0.3, 0.4) is 0 Å². The number of nitrogens with one attached hydrogen (secondary N) is 1. The van der Waals surface area contributed by atoms with Crippen LogP contribution in [0.5, 0.6) is 5.75 Å². The van der Waals surface area contributed by atoms with Gasteiger partial charge in [0.1, 0.15) is 17.3 Å². The molecule has 0 radical (unpaired) electrons. The average molecular weight is 464 g/mol. The number of hydrogen-bond acceptors (Lipinski definition) is 3. The summed E-state index contributed by atoms with van der Waals surface area (Å²) < 4.78 is 21.8. The van der Waals surface area contributed by atoms with Gasteiger partial charge in [0, 0.05) is 25.8 Å². The number of amides is 1. The Bertz CT molecular complexity index is 1190. The number of fused-ring (bicyclic) bond motifs is 2. The minimum Gasteiger partial charge on any atom is -0.494 e. The van der Waals surface area contributed by atoms with Gasteiger partial charge in [-0.1, -0.05) is 38.0 Å². The number of ether oxygens (including phenoxy) is 1.